The van der Waals surface area contributed by atoms with Crippen LogP contribution in [0.25, 0.3) is 0 Å². The fourth-order valence-corrected chi connectivity index (χ4v) is 5.35. The molecule has 0 aromatic heterocycles. The summed E-state index contributed by atoms with van der Waals surface area (Å²) in [4.78, 5) is 12.0. The van der Waals surface area contributed by atoms with Gasteiger partial charge in [0.1, 0.15) is 5.78 Å². The molecule has 84 valence electrons. The normalized spacial score (nSPS) is 45.1. The van der Waals surface area contributed by atoms with Crippen LogP contribution in [0, 0.1) is 11.8 Å². The van der Waals surface area contributed by atoms with Gasteiger partial charge in [0.15, 0.2) is 0 Å². The summed E-state index contributed by atoms with van der Waals surface area (Å²) in [5.41, 5.74) is 0. The first-order valence-corrected chi connectivity index (χ1v) is 7.46. The summed E-state index contributed by atoms with van der Waals surface area (Å²) in [5.74, 6) is 1.16. The summed E-state index contributed by atoms with van der Waals surface area (Å²) in [7, 11) is -0.618. The second-order valence-electron chi connectivity index (χ2n) is 5.35. The van der Waals surface area contributed by atoms with Crippen LogP contribution in [0.2, 0.25) is 0 Å². The van der Waals surface area contributed by atoms with E-state index in [1.54, 1.807) is 0 Å². The Kier molecular flexibility index (Phi) is 2.46. The Morgan fingerprint density at radius 2 is 1.53 bits per heavy atom. The molecule has 2 heterocycles. The summed E-state index contributed by atoms with van der Waals surface area (Å²) in [6.07, 6.45) is 7.51. The van der Waals surface area contributed by atoms with Gasteiger partial charge < -0.3 is 0 Å². The van der Waals surface area contributed by atoms with E-state index in [9.17, 15) is 9.00 Å². The molecule has 2 saturated heterocycles. The number of rotatable bonds is 2. The molecule has 2 bridgehead atoms. The van der Waals surface area contributed by atoms with Crippen molar-refractivity contribution in [3.63, 3.8) is 0 Å². The van der Waals surface area contributed by atoms with Crippen molar-refractivity contribution in [1.29, 1.82) is 0 Å². The number of ketones is 1. The van der Waals surface area contributed by atoms with Crippen molar-refractivity contribution in [2.75, 3.05) is 0 Å². The Hall–Kier alpha value is -0.180. The number of carbonyl (C=O) groups is 1. The molecule has 0 aromatic carbocycles. The van der Waals surface area contributed by atoms with Crippen LogP contribution in [0.3, 0.4) is 0 Å². The van der Waals surface area contributed by atoms with Crippen molar-refractivity contribution in [1.82, 2.24) is 0 Å². The zero-order chi connectivity index (χ0) is 10.4. The van der Waals surface area contributed by atoms with Gasteiger partial charge in [0.25, 0.3) is 0 Å². The average molecular weight is 226 g/mol. The molecule has 2 atom stereocenters. The van der Waals surface area contributed by atoms with E-state index < -0.39 is 10.8 Å². The fourth-order valence-electron chi connectivity index (χ4n) is 3.17. The molecule has 0 radical (unpaired) electrons. The van der Waals surface area contributed by atoms with E-state index >= 15 is 0 Å². The van der Waals surface area contributed by atoms with E-state index in [-0.39, 0.29) is 5.92 Å². The molecule has 0 N–H and O–H groups in total. The van der Waals surface area contributed by atoms with Gasteiger partial charge in [-0.1, -0.05) is 6.42 Å². The van der Waals surface area contributed by atoms with Gasteiger partial charge >= 0.3 is 0 Å². The Morgan fingerprint density at radius 1 is 0.933 bits per heavy atom. The summed E-state index contributed by atoms with van der Waals surface area (Å²) in [6, 6.07) is 0. The molecule has 0 amide bonds. The van der Waals surface area contributed by atoms with Gasteiger partial charge in [0.05, 0.1) is 0 Å². The van der Waals surface area contributed by atoms with Crippen LogP contribution in [-0.4, -0.2) is 20.5 Å². The smallest absolute Gasteiger partial charge is 0.139 e. The largest absolute Gasteiger partial charge is 0.299 e. The van der Waals surface area contributed by atoms with Crippen molar-refractivity contribution in [3.8, 4) is 0 Å². The highest BCUT2D eigenvalue weighted by atomic mass is 32.2. The molecule has 1 aliphatic carbocycles. The van der Waals surface area contributed by atoms with Gasteiger partial charge in [0.2, 0.25) is 0 Å². The highest BCUT2D eigenvalue weighted by Crippen LogP contribution is 2.41. The second-order valence-corrected chi connectivity index (χ2v) is 7.34. The topological polar surface area (TPSA) is 34.1 Å². The van der Waals surface area contributed by atoms with Crippen molar-refractivity contribution < 1.29 is 9.00 Å². The van der Waals surface area contributed by atoms with E-state index in [4.69, 9.17) is 0 Å². The minimum atomic E-state index is -0.618. The molecule has 15 heavy (non-hydrogen) atoms. The van der Waals surface area contributed by atoms with Gasteiger partial charge in [-0.05, 0) is 38.5 Å². The summed E-state index contributed by atoms with van der Waals surface area (Å²) < 4.78 is 12.0. The number of hydrogen-bond donors (Lipinski definition) is 0. The number of fused-ring (bicyclic) bond motifs is 2. The van der Waals surface area contributed by atoms with Crippen LogP contribution in [0.1, 0.15) is 44.9 Å². The maximum absolute atomic E-state index is 12.0. The first-order chi connectivity index (χ1) is 7.25. The monoisotopic (exact) mass is 226 g/mol. The zero-order valence-electron chi connectivity index (χ0n) is 8.98. The van der Waals surface area contributed by atoms with Crippen LogP contribution < -0.4 is 0 Å². The quantitative estimate of drug-likeness (QED) is 0.722. The standard InChI is InChI=1S/C12H18O2S/c13-12(8-4-5-8)9-6-10-2-1-3-11(7-9)15(10)14/h8-11H,1-7H2. The van der Waals surface area contributed by atoms with Gasteiger partial charge in [-0.3, -0.25) is 9.00 Å². The average Bonchev–Trinajstić information content (AvgIpc) is 2.99. The summed E-state index contributed by atoms with van der Waals surface area (Å²) >= 11 is 0. The van der Waals surface area contributed by atoms with Crippen molar-refractivity contribution in [3.05, 3.63) is 0 Å². The van der Waals surface area contributed by atoms with E-state index in [1.165, 1.54) is 6.42 Å². The van der Waals surface area contributed by atoms with Crippen molar-refractivity contribution in [2.45, 2.75) is 55.4 Å². The maximum Gasteiger partial charge on any atom is 0.139 e. The van der Waals surface area contributed by atoms with E-state index in [2.05, 4.69) is 0 Å². The van der Waals surface area contributed by atoms with E-state index in [0.29, 0.717) is 22.2 Å². The van der Waals surface area contributed by atoms with E-state index in [1.807, 2.05) is 0 Å². The molecule has 3 fully saturated rings. The Balaban J connectivity index is 1.72. The minimum absolute atomic E-state index is 0.269. The lowest BCUT2D eigenvalue weighted by molar-refractivity contribution is -0.124. The molecule has 0 spiro atoms. The predicted molar refractivity (Wildman–Crippen MR) is 60.0 cm³/mol. The lowest BCUT2D eigenvalue weighted by Gasteiger charge is -2.37. The molecule has 2 nitrogen and oxygen atoms in total. The highest BCUT2D eigenvalue weighted by molar-refractivity contribution is 7.86. The molecule has 2 aliphatic heterocycles. The third-order valence-corrected chi connectivity index (χ3v) is 6.36. The lowest BCUT2D eigenvalue weighted by Crippen LogP contribution is -2.41. The fraction of sp³-hybridized carbons (Fsp3) is 0.917. The molecule has 3 aliphatic rings. The molecular formula is C12H18O2S. The molecule has 2 unspecified atom stereocenters. The Bertz CT molecular complexity index is 293. The Morgan fingerprint density at radius 3 is 2.07 bits per heavy atom. The first-order valence-electron chi connectivity index (χ1n) is 6.19. The van der Waals surface area contributed by atoms with Gasteiger partial charge in [-0.15, -0.1) is 0 Å². The highest BCUT2D eigenvalue weighted by Gasteiger charge is 2.43. The molecular weight excluding hydrogens is 208 g/mol. The minimum Gasteiger partial charge on any atom is -0.299 e. The number of Topliss-reactive ketones (excluding diaryl/α,β-unsaturated/α-hetero) is 1. The molecule has 1 saturated carbocycles. The molecule has 3 heteroatoms. The van der Waals surface area contributed by atoms with Crippen LogP contribution in [-0.2, 0) is 15.6 Å². The van der Waals surface area contributed by atoms with Crippen LogP contribution in [0.5, 0.6) is 0 Å². The lowest BCUT2D eigenvalue weighted by atomic mass is 9.85. The Labute approximate surface area is 93.3 Å². The van der Waals surface area contributed by atoms with Crippen LogP contribution in [0.4, 0.5) is 0 Å². The maximum atomic E-state index is 12.0. The predicted octanol–water partition coefficient (Wildman–Crippen LogP) is 2.05. The molecule has 0 aromatic rings. The number of hydrogen-bond acceptors (Lipinski definition) is 2. The summed E-state index contributed by atoms with van der Waals surface area (Å²) in [6.45, 7) is 0. The zero-order valence-corrected chi connectivity index (χ0v) is 9.80. The first kappa shape index (κ1) is 10.0. The number of carbonyl (C=O) groups excluding carboxylic acids is 1. The third-order valence-electron chi connectivity index (χ3n) is 4.19. The SMILES string of the molecule is O=C(C1CC1)C1CC2CCCC(C1)S2=O. The van der Waals surface area contributed by atoms with E-state index in [0.717, 1.165) is 38.5 Å². The van der Waals surface area contributed by atoms with Crippen molar-refractivity contribution >= 4 is 16.6 Å². The summed E-state index contributed by atoms with van der Waals surface area (Å²) in [5, 5.41) is 0.704. The van der Waals surface area contributed by atoms with Crippen LogP contribution in [0.15, 0.2) is 0 Å². The van der Waals surface area contributed by atoms with Gasteiger partial charge in [-0.25, -0.2) is 0 Å². The molecule has 3 rings (SSSR count). The van der Waals surface area contributed by atoms with Gasteiger partial charge in [-0.2, -0.15) is 0 Å². The van der Waals surface area contributed by atoms with Gasteiger partial charge in [0, 0.05) is 33.1 Å². The van der Waals surface area contributed by atoms with Crippen molar-refractivity contribution in [2.24, 2.45) is 11.8 Å². The third kappa shape index (κ3) is 1.79. The van der Waals surface area contributed by atoms with Crippen LogP contribution >= 0.6 is 0 Å². The second kappa shape index (κ2) is 3.69.